The van der Waals surface area contributed by atoms with Gasteiger partial charge in [0.05, 0.1) is 11.8 Å². The van der Waals surface area contributed by atoms with E-state index in [0.717, 1.165) is 45.3 Å². The number of rotatable bonds is 4. The molecule has 1 aromatic heterocycles. The van der Waals surface area contributed by atoms with Gasteiger partial charge >= 0.3 is 5.97 Å². The summed E-state index contributed by atoms with van der Waals surface area (Å²) < 4.78 is 13.1. The number of likely N-dealkylation sites (tertiary alicyclic amines) is 1. The lowest BCUT2D eigenvalue weighted by Crippen LogP contribution is -2.46. The first-order valence-electron chi connectivity index (χ1n) is 13.3. The predicted octanol–water partition coefficient (Wildman–Crippen LogP) is 6.48. The molecule has 0 bridgehead atoms. The summed E-state index contributed by atoms with van der Waals surface area (Å²) in [7, 11) is 1.66. The van der Waals surface area contributed by atoms with Gasteiger partial charge in [-0.05, 0) is 95.3 Å². The molecule has 2 fully saturated rings. The van der Waals surface area contributed by atoms with Crippen LogP contribution in [0, 0.1) is 11.8 Å². The molecule has 3 aliphatic rings. The lowest BCUT2D eigenvalue weighted by molar-refractivity contribution is -0.156. The van der Waals surface area contributed by atoms with Gasteiger partial charge in [-0.15, -0.1) is 0 Å². The van der Waals surface area contributed by atoms with Crippen LogP contribution < -0.4 is 0 Å². The first-order chi connectivity index (χ1) is 18.2. The maximum Gasteiger partial charge on any atom is 0.302 e. The Morgan fingerprint density at radius 2 is 1.74 bits per heavy atom. The zero-order chi connectivity index (χ0) is 27.0. The average molecular weight is 669 g/mol. The van der Waals surface area contributed by atoms with Crippen molar-refractivity contribution in [2.45, 2.75) is 70.0 Å². The average Bonchev–Trinajstić information content (AvgIpc) is 3.04. The molecule has 4 atom stereocenters. The molecule has 204 valence electrons. The highest BCUT2D eigenvalue weighted by atomic mass is 79.9. The van der Waals surface area contributed by atoms with E-state index in [1.165, 1.54) is 23.6 Å². The highest BCUT2D eigenvalue weighted by Gasteiger charge is 2.40. The largest absolute Gasteiger partial charge is 0.462 e. The summed E-state index contributed by atoms with van der Waals surface area (Å²) in [6.45, 7) is 2.83. The second-order valence-electron chi connectivity index (χ2n) is 10.8. The lowest BCUT2D eigenvalue weighted by Gasteiger charge is -2.40. The summed E-state index contributed by atoms with van der Waals surface area (Å²) in [6, 6.07) is 6.29. The van der Waals surface area contributed by atoms with Crippen molar-refractivity contribution in [3.8, 4) is 0 Å². The van der Waals surface area contributed by atoms with E-state index in [2.05, 4.69) is 44.0 Å². The molecule has 2 aliphatic carbocycles. The minimum atomic E-state index is -0.309. The summed E-state index contributed by atoms with van der Waals surface area (Å²) in [5.41, 5.74) is 4.96. The van der Waals surface area contributed by atoms with Crippen molar-refractivity contribution in [1.82, 2.24) is 9.88 Å². The fraction of sp³-hybridized carbons (Fsp3) is 0.552. The van der Waals surface area contributed by atoms with Gasteiger partial charge in [-0.1, -0.05) is 27.5 Å². The van der Waals surface area contributed by atoms with E-state index in [0.29, 0.717) is 38.3 Å². The number of amides is 1. The molecule has 9 heteroatoms. The van der Waals surface area contributed by atoms with Gasteiger partial charge in [0.25, 0.3) is 0 Å². The molecule has 2 heterocycles. The van der Waals surface area contributed by atoms with E-state index in [9.17, 15) is 9.59 Å². The summed E-state index contributed by atoms with van der Waals surface area (Å²) >= 11 is 13.9. The number of methoxy groups -OCH3 is 1. The molecule has 1 aliphatic heterocycles. The second kappa shape index (κ2) is 11.9. The van der Waals surface area contributed by atoms with Crippen LogP contribution in [0.25, 0.3) is 0 Å². The van der Waals surface area contributed by atoms with Crippen LogP contribution in [0.5, 0.6) is 0 Å². The Labute approximate surface area is 246 Å². The maximum atomic E-state index is 13.6. The number of hydrogen-bond acceptors (Lipinski definition) is 5. The molecule has 0 spiro atoms. The Hall–Kier alpha value is -1.48. The molecular formula is C29H33Br2ClN2O4. The number of fused-ring (bicyclic) bond motifs is 2. The number of ether oxygens (including phenoxy) is 2. The Kier molecular flexibility index (Phi) is 8.82. The molecule has 2 aromatic rings. The molecule has 1 saturated heterocycles. The van der Waals surface area contributed by atoms with E-state index in [1.807, 2.05) is 17.2 Å². The fourth-order valence-corrected chi connectivity index (χ4v) is 8.18. The molecule has 1 amide bonds. The molecule has 0 N–H and O–H groups in total. The SMILES string of the molecule is COC1CC(OC(C)=O)CC(C(=O)N2CCC([C@H]3c4ncc(Br)cc4CCc4cc(Cl)cc(Br)c43)CC2)C1. The number of benzene rings is 1. The lowest BCUT2D eigenvalue weighted by atomic mass is 9.76. The number of carbonyl (C=O) groups excluding carboxylic acids is 2. The smallest absolute Gasteiger partial charge is 0.302 e. The van der Waals surface area contributed by atoms with Crippen molar-refractivity contribution in [2.75, 3.05) is 20.2 Å². The number of nitrogens with zero attached hydrogens (tertiary/aromatic N) is 2. The van der Waals surface area contributed by atoms with Gasteiger partial charge in [-0.2, -0.15) is 0 Å². The molecular weight excluding hydrogens is 636 g/mol. The van der Waals surface area contributed by atoms with Crippen LogP contribution in [-0.4, -0.2) is 54.2 Å². The van der Waals surface area contributed by atoms with Crippen LogP contribution in [0.2, 0.25) is 5.02 Å². The standard InChI is InChI=1S/C29H33Br2ClN2O4/c1-16(35)38-24-12-20(11-23(14-24)37-2)29(36)34-7-5-17(6-8-34)27-26-18(10-22(32)13-25(26)31)3-4-19-9-21(30)15-33-28(19)27/h9-10,13,15,17,20,23-24,27H,3-8,11-12,14H2,1-2H3/t20?,23?,24?,27-/m1/s1. The van der Waals surface area contributed by atoms with Crippen molar-refractivity contribution in [2.24, 2.45) is 11.8 Å². The number of pyridine rings is 1. The number of piperidine rings is 1. The zero-order valence-electron chi connectivity index (χ0n) is 21.7. The first kappa shape index (κ1) is 28.1. The summed E-state index contributed by atoms with van der Waals surface area (Å²) in [4.78, 5) is 32.1. The van der Waals surface area contributed by atoms with Gasteiger partial charge in [-0.3, -0.25) is 14.6 Å². The third-order valence-corrected chi connectivity index (χ3v) is 9.68. The van der Waals surface area contributed by atoms with E-state index < -0.39 is 0 Å². The topological polar surface area (TPSA) is 68.7 Å². The molecule has 6 nitrogen and oxygen atoms in total. The van der Waals surface area contributed by atoms with Crippen LogP contribution in [0.4, 0.5) is 0 Å². The monoisotopic (exact) mass is 666 g/mol. The summed E-state index contributed by atoms with van der Waals surface area (Å²) in [5, 5.41) is 0.740. The predicted molar refractivity (Wildman–Crippen MR) is 153 cm³/mol. The molecule has 1 aromatic carbocycles. The highest BCUT2D eigenvalue weighted by Crippen LogP contribution is 2.46. The Bertz CT molecular complexity index is 1220. The number of hydrogen-bond donors (Lipinski definition) is 0. The van der Waals surface area contributed by atoms with Crippen molar-refractivity contribution in [3.63, 3.8) is 0 Å². The molecule has 0 radical (unpaired) electrons. The third-order valence-electron chi connectivity index (χ3n) is 8.38. The van der Waals surface area contributed by atoms with E-state index >= 15 is 0 Å². The third kappa shape index (κ3) is 5.98. The Morgan fingerprint density at radius 1 is 1.03 bits per heavy atom. The Morgan fingerprint density at radius 3 is 2.45 bits per heavy atom. The van der Waals surface area contributed by atoms with Crippen molar-refractivity contribution < 1.29 is 19.1 Å². The van der Waals surface area contributed by atoms with E-state index in [1.54, 1.807) is 7.11 Å². The number of aryl methyl sites for hydroxylation is 2. The van der Waals surface area contributed by atoms with E-state index in [4.69, 9.17) is 26.1 Å². The van der Waals surface area contributed by atoms with Crippen molar-refractivity contribution >= 4 is 55.3 Å². The molecule has 5 rings (SSSR count). The van der Waals surface area contributed by atoms with Crippen LogP contribution >= 0.6 is 43.5 Å². The van der Waals surface area contributed by atoms with Crippen LogP contribution in [0.3, 0.4) is 0 Å². The van der Waals surface area contributed by atoms with Crippen molar-refractivity contribution in [1.29, 1.82) is 0 Å². The summed E-state index contributed by atoms with van der Waals surface area (Å²) in [5.74, 6) is 0.146. The number of aromatic nitrogens is 1. The number of carbonyl (C=O) groups is 2. The Balaban J connectivity index is 1.36. The molecule has 38 heavy (non-hydrogen) atoms. The first-order valence-corrected chi connectivity index (χ1v) is 15.3. The van der Waals surface area contributed by atoms with Gasteiger partial charge in [0.1, 0.15) is 6.10 Å². The van der Waals surface area contributed by atoms with E-state index in [-0.39, 0.29) is 35.9 Å². The van der Waals surface area contributed by atoms with Gasteiger partial charge in [-0.25, -0.2) is 0 Å². The zero-order valence-corrected chi connectivity index (χ0v) is 25.6. The van der Waals surface area contributed by atoms with Crippen LogP contribution in [0.15, 0.2) is 33.3 Å². The normalized spacial score (nSPS) is 25.8. The second-order valence-corrected chi connectivity index (χ2v) is 13.0. The minimum absolute atomic E-state index is 0.0758. The molecule has 1 saturated carbocycles. The minimum Gasteiger partial charge on any atom is -0.462 e. The van der Waals surface area contributed by atoms with Crippen molar-refractivity contribution in [3.05, 3.63) is 60.7 Å². The summed E-state index contributed by atoms with van der Waals surface area (Å²) in [6.07, 6.45) is 7.06. The maximum absolute atomic E-state index is 13.6. The molecule has 3 unspecified atom stereocenters. The van der Waals surface area contributed by atoms with Gasteiger partial charge in [0, 0.05) is 65.5 Å². The van der Waals surface area contributed by atoms with Gasteiger partial charge < -0.3 is 14.4 Å². The van der Waals surface area contributed by atoms with Crippen LogP contribution in [0.1, 0.15) is 67.3 Å². The van der Waals surface area contributed by atoms with Gasteiger partial charge in [0.2, 0.25) is 5.91 Å². The highest BCUT2D eigenvalue weighted by molar-refractivity contribution is 9.10. The van der Waals surface area contributed by atoms with Crippen LogP contribution in [-0.2, 0) is 31.9 Å². The number of halogens is 3. The fourth-order valence-electron chi connectivity index (χ4n) is 6.68. The number of esters is 1. The van der Waals surface area contributed by atoms with Gasteiger partial charge in [0.15, 0.2) is 0 Å². The quantitative estimate of drug-likeness (QED) is 0.349.